The van der Waals surface area contributed by atoms with Gasteiger partial charge >= 0.3 is 0 Å². The third-order valence-corrected chi connectivity index (χ3v) is 2.20. The van der Waals surface area contributed by atoms with Gasteiger partial charge in [-0.15, -0.1) is 0 Å². The van der Waals surface area contributed by atoms with Crippen molar-refractivity contribution in [2.75, 3.05) is 0 Å². The molecule has 0 heterocycles. The minimum absolute atomic E-state index is 0.0546. The summed E-state index contributed by atoms with van der Waals surface area (Å²) in [6.07, 6.45) is 1.06. The van der Waals surface area contributed by atoms with Crippen molar-refractivity contribution in [1.82, 2.24) is 0 Å². The van der Waals surface area contributed by atoms with Crippen LogP contribution in [0, 0.1) is 17.2 Å². The first-order valence-corrected chi connectivity index (χ1v) is 4.75. The Kier molecular flexibility index (Phi) is 3.87. The molecule has 0 aliphatic carbocycles. The van der Waals surface area contributed by atoms with Crippen molar-refractivity contribution in [3.05, 3.63) is 35.9 Å². The number of hydrogen-bond acceptors (Lipinski definition) is 2. The summed E-state index contributed by atoms with van der Waals surface area (Å²) in [5, 5.41) is 8.72. The quantitative estimate of drug-likeness (QED) is 0.680. The zero-order valence-corrected chi connectivity index (χ0v) is 8.23. The van der Waals surface area contributed by atoms with Gasteiger partial charge in [-0.25, -0.2) is 0 Å². The van der Waals surface area contributed by atoms with Crippen LogP contribution in [-0.4, -0.2) is 5.78 Å². The van der Waals surface area contributed by atoms with Gasteiger partial charge in [-0.2, -0.15) is 5.26 Å². The Bertz CT molecular complexity index is 337. The SMILES string of the molecule is CCC(C#N)CC(=O)c1ccccc1. The number of hydrogen-bond donors (Lipinski definition) is 0. The smallest absolute Gasteiger partial charge is 0.164 e. The molecule has 2 heteroatoms. The topological polar surface area (TPSA) is 40.9 Å². The van der Waals surface area contributed by atoms with Gasteiger partial charge in [0.25, 0.3) is 0 Å². The fraction of sp³-hybridized carbons (Fsp3) is 0.333. The van der Waals surface area contributed by atoms with E-state index < -0.39 is 0 Å². The summed E-state index contributed by atoms with van der Waals surface area (Å²) in [7, 11) is 0. The van der Waals surface area contributed by atoms with E-state index in [0.717, 1.165) is 6.42 Å². The molecule has 2 nitrogen and oxygen atoms in total. The van der Waals surface area contributed by atoms with Crippen molar-refractivity contribution in [2.45, 2.75) is 19.8 Å². The second-order valence-electron chi connectivity index (χ2n) is 3.23. The van der Waals surface area contributed by atoms with Crippen LogP contribution in [0.3, 0.4) is 0 Å². The molecule has 0 aliphatic heterocycles. The summed E-state index contributed by atoms with van der Waals surface area (Å²) in [5.74, 6) is -0.0956. The second kappa shape index (κ2) is 5.18. The largest absolute Gasteiger partial charge is 0.294 e. The Labute approximate surface area is 84.2 Å². The van der Waals surface area contributed by atoms with Gasteiger partial charge in [-0.1, -0.05) is 37.3 Å². The number of benzene rings is 1. The maximum Gasteiger partial charge on any atom is 0.164 e. The molecule has 0 amide bonds. The number of rotatable bonds is 4. The minimum atomic E-state index is -0.150. The highest BCUT2D eigenvalue weighted by Crippen LogP contribution is 2.11. The molecule has 0 bridgehead atoms. The van der Waals surface area contributed by atoms with E-state index in [2.05, 4.69) is 6.07 Å². The van der Waals surface area contributed by atoms with Crippen LogP contribution >= 0.6 is 0 Å². The maximum atomic E-state index is 11.6. The Morgan fingerprint density at radius 1 is 1.43 bits per heavy atom. The maximum absolute atomic E-state index is 11.6. The summed E-state index contributed by atoms with van der Waals surface area (Å²) in [6, 6.07) is 11.2. The minimum Gasteiger partial charge on any atom is -0.294 e. The highest BCUT2D eigenvalue weighted by atomic mass is 16.1. The lowest BCUT2D eigenvalue weighted by Gasteiger charge is -2.04. The molecule has 1 atom stereocenters. The first-order valence-electron chi connectivity index (χ1n) is 4.75. The third-order valence-electron chi connectivity index (χ3n) is 2.20. The van der Waals surface area contributed by atoms with Crippen LogP contribution in [0.25, 0.3) is 0 Å². The first-order chi connectivity index (χ1) is 6.77. The monoisotopic (exact) mass is 187 g/mol. The molecule has 1 aromatic carbocycles. The van der Waals surface area contributed by atoms with E-state index in [4.69, 9.17) is 5.26 Å². The van der Waals surface area contributed by atoms with E-state index in [9.17, 15) is 4.79 Å². The van der Waals surface area contributed by atoms with Gasteiger partial charge in [0.15, 0.2) is 5.78 Å². The standard InChI is InChI=1S/C12H13NO/c1-2-10(9-13)8-12(14)11-6-4-3-5-7-11/h3-7,10H,2,8H2,1H3. The van der Waals surface area contributed by atoms with Crippen molar-refractivity contribution in [1.29, 1.82) is 5.26 Å². The van der Waals surface area contributed by atoms with Gasteiger partial charge in [0.2, 0.25) is 0 Å². The molecule has 0 radical (unpaired) electrons. The first kappa shape index (κ1) is 10.5. The number of carbonyl (C=O) groups excluding carboxylic acids is 1. The van der Waals surface area contributed by atoms with Gasteiger partial charge in [-0.3, -0.25) is 4.79 Å². The van der Waals surface area contributed by atoms with Crippen molar-refractivity contribution in [3.8, 4) is 6.07 Å². The molecule has 0 saturated heterocycles. The van der Waals surface area contributed by atoms with Crippen molar-refractivity contribution in [3.63, 3.8) is 0 Å². The van der Waals surface area contributed by atoms with Gasteiger partial charge in [0.1, 0.15) is 0 Å². The lowest BCUT2D eigenvalue weighted by Crippen LogP contribution is -2.06. The number of ketones is 1. The van der Waals surface area contributed by atoms with Crippen LogP contribution in [-0.2, 0) is 0 Å². The van der Waals surface area contributed by atoms with E-state index in [1.165, 1.54) is 0 Å². The number of Topliss-reactive ketones (excluding diaryl/α,β-unsaturated/α-hetero) is 1. The van der Waals surface area contributed by atoms with Crippen LogP contribution < -0.4 is 0 Å². The number of carbonyl (C=O) groups is 1. The van der Waals surface area contributed by atoms with Crippen molar-refractivity contribution < 1.29 is 4.79 Å². The lowest BCUT2D eigenvalue weighted by atomic mass is 9.97. The highest BCUT2D eigenvalue weighted by molar-refractivity contribution is 5.96. The van der Waals surface area contributed by atoms with Crippen LogP contribution in [0.5, 0.6) is 0 Å². The fourth-order valence-corrected chi connectivity index (χ4v) is 1.25. The highest BCUT2D eigenvalue weighted by Gasteiger charge is 2.12. The Morgan fingerprint density at radius 2 is 2.07 bits per heavy atom. The zero-order valence-electron chi connectivity index (χ0n) is 8.23. The van der Waals surface area contributed by atoms with Crippen LogP contribution in [0.2, 0.25) is 0 Å². The second-order valence-corrected chi connectivity index (χ2v) is 3.23. The molecule has 0 N–H and O–H groups in total. The molecular formula is C12H13NO. The molecule has 0 fully saturated rings. The molecule has 1 rings (SSSR count). The molecule has 0 aromatic heterocycles. The van der Waals surface area contributed by atoms with E-state index in [0.29, 0.717) is 12.0 Å². The lowest BCUT2D eigenvalue weighted by molar-refractivity contribution is 0.0969. The van der Waals surface area contributed by atoms with E-state index >= 15 is 0 Å². The van der Waals surface area contributed by atoms with Gasteiger partial charge in [-0.05, 0) is 6.42 Å². The van der Waals surface area contributed by atoms with Gasteiger partial charge in [0.05, 0.1) is 12.0 Å². The number of nitrogens with zero attached hydrogens (tertiary/aromatic N) is 1. The van der Waals surface area contributed by atoms with Crippen molar-refractivity contribution in [2.24, 2.45) is 5.92 Å². The molecular weight excluding hydrogens is 174 g/mol. The Morgan fingerprint density at radius 3 is 2.57 bits per heavy atom. The van der Waals surface area contributed by atoms with Crippen molar-refractivity contribution >= 4 is 5.78 Å². The summed E-state index contributed by atoms with van der Waals surface area (Å²) < 4.78 is 0. The predicted octanol–water partition coefficient (Wildman–Crippen LogP) is 2.81. The zero-order chi connectivity index (χ0) is 10.4. The molecule has 72 valence electrons. The molecule has 0 saturated carbocycles. The third kappa shape index (κ3) is 2.70. The Balaban J connectivity index is 2.64. The van der Waals surface area contributed by atoms with Crippen LogP contribution in [0.15, 0.2) is 30.3 Å². The van der Waals surface area contributed by atoms with E-state index in [1.54, 1.807) is 12.1 Å². The van der Waals surface area contributed by atoms with Gasteiger partial charge < -0.3 is 0 Å². The average Bonchev–Trinajstić information content (AvgIpc) is 2.26. The molecule has 1 unspecified atom stereocenters. The molecule has 14 heavy (non-hydrogen) atoms. The molecule has 0 aliphatic rings. The van der Waals surface area contributed by atoms with Crippen LogP contribution in [0.4, 0.5) is 0 Å². The average molecular weight is 187 g/mol. The predicted molar refractivity (Wildman–Crippen MR) is 54.8 cm³/mol. The summed E-state index contributed by atoms with van der Waals surface area (Å²) in [5.41, 5.74) is 0.696. The molecule has 0 spiro atoms. The Hall–Kier alpha value is -1.62. The van der Waals surface area contributed by atoms with E-state index in [-0.39, 0.29) is 11.7 Å². The van der Waals surface area contributed by atoms with Crippen LogP contribution in [0.1, 0.15) is 30.1 Å². The summed E-state index contributed by atoms with van der Waals surface area (Å²) >= 11 is 0. The number of nitriles is 1. The van der Waals surface area contributed by atoms with E-state index in [1.807, 2.05) is 25.1 Å². The molecule has 1 aromatic rings. The normalized spacial score (nSPS) is 11.7. The van der Waals surface area contributed by atoms with Gasteiger partial charge in [0, 0.05) is 12.0 Å². The summed E-state index contributed by atoms with van der Waals surface area (Å²) in [4.78, 5) is 11.6. The fourth-order valence-electron chi connectivity index (χ4n) is 1.25. The summed E-state index contributed by atoms with van der Waals surface area (Å²) in [6.45, 7) is 1.92.